The Morgan fingerprint density at radius 2 is 1.79 bits per heavy atom. The molecule has 2 heteroatoms. The summed E-state index contributed by atoms with van der Waals surface area (Å²) in [4.78, 5) is 2.48. The lowest BCUT2D eigenvalue weighted by atomic mass is 9.79. The first-order valence-corrected chi connectivity index (χ1v) is 7.97. The fourth-order valence-corrected chi connectivity index (χ4v) is 3.42. The Balaban J connectivity index is 2.89. The zero-order valence-corrected chi connectivity index (χ0v) is 13.4. The molecule has 1 saturated carbocycles. The molecule has 0 aromatic carbocycles. The highest BCUT2D eigenvalue weighted by Crippen LogP contribution is 2.35. The van der Waals surface area contributed by atoms with Gasteiger partial charge in [0.1, 0.15) is 0 Å². The van der Waals surface area contributed by atoms with Crippen molar-refractivity contribution in [2.24, 2.45) is 0 Å². The van der Waals surface area contributed by atoms with E-state index in [0.29, 0.717) is 11.6 Å². The van der Waals surface area contributed by atoms with Gasteiger partial charge in [-0.3, -0.25) is 0 Å². The van der Waals surface area contributed by atoms with Crippen molar-refractivity contribution in [3.63, 3.8) is 0 Å². The summed E-state index contributed by atoms with van der Waals surface area (Å²) in [7, 11) is 4.51. The summed E-state index contributed by atoms with van der Waals surface area (Å²) in [5, 5.41) is 3.78. The lowest BCUT2D eigenvalue weighted by Gasteiger charge is -2.46. The predicted molar refractivity (Wildman–Crippen MR) is 84.3 cm³/mol. The minimum atomic E-state index is 0.301. The molecular formula is C17H32N2. The molecular weight excluding hydrogens is 232 g/mol. The first-order chi connectivity index (χ1) is 9.17. The van der Waals surface area contributed by atoms with E-state index < -0.39 is 0 Å². The van der Waals surface area contributed by atoms with Crippen LogP contribution in [0.2, 0.25) is 0 Å². The third-order valence-electron chi connectivity index (χ3n) is 4.63. The summed E-state index contributed by atoms with van der Waals surface area (Å²) >= 11 is 0. The van der Waals surface area contributed by atoms with Crippen LogP contribution in [0.25, 0.3) is 0 Å². The van der Waals surface area contributed by atoms with E-state index in [0.717, 1.165) is 13.0 Å². The largest absolute Gasteiger partial charge is 0.311 e. The topological polar surface area (TPSA) is 15.3 Å². The van der Waals surface area contributed by atoms with E-state index in [9.17, 15) is 0 Å². The fraction of sp³-hybridized carbons (Fsp3) is 0.882. The summed E-state index contributed by atoms with van der Waals surface area (Å²) in [6.45, 7) is 5.29. The van der Waals surface area contributed by atoms with E-state index in [1.54, 1.807) is 0 Å². The van der Waals surface area contributed by atoms with Crippen molar-refractivity contribution in [3.8, 4) is 11.8 Å². The normalized spacial score (nSPS) is 20.5. The number of nitrogens with zero attached hydrogens (tertiary/aromatic N) is 1. The van der Waals surface area contributed by atoms with E-state index in [1.165, 1.54) is 44.9 Å². The number of hydrogen-bond donors (Lipinski definition) is 1. The van der Waals surface area contributed by atoms with Crippen LogP contribution in [0.3, 0.4) is 0 Å². The minimum Gasteiger partial charge on any atom is -0.311 e. The Morgan fingerprint density at radius 3 is 2.26 bits per heavy atom. The molecule has 110 valence electrons. The van der Waals surface area contributed by atoms with Crippen LogP contribution in [-0.2, 0) is 0 Å². The maximum Gasteiger partial charge on any atom is 0.0365 e. The molecule has 1 atom stereocenters. The first-order valence-electron chi connectivity index (χ1n) is 7.97. The van der Waals surface area contributed by atoms with E-state index in [-0.39, 0.29) is 0 Å². The third kappa shape index (κ3) is 4.51. The Bertz CT molecular complexity index is 290. The zero-order valence-electron chi connectivity index (χ0n) is 13.4. The van der Waals surface area contributed by atoms with Crippen LogP contribution in [0, 0.1) is 11.8 Å². The summed E-state index contributed by atoms with van der Waals surface area (Å²) in [6.07, 6.45) is 10.3. The van der Waals surface area contributed by atoms with E-state index >= 15 is 0 Å². The van der Waals surface area contributed by atoms with Gasteiger partial charge in [0.2, 0.25) is 0 Å². The average molecular weight is 264 g/mol. The predicted octanol–water partition coefficient (Wildman–Crippen LogP) is 3.42. The smallest absolute Gasteiger partial charge is 0.0365 e. The van der Waals surface area contributed by atoms with E-state index in [2.05, 4.69) is 43.1 Å². The molecule has 0 aromatic rings. The van der Waals surface area contributed by atoms with Gasteiger partial charge in [-0.25, -0.2) is 0 Å². The molecule has 0 aromatic heterocycles. The van der Waals surface area contributed by atoms with Crippen molar-refractivity contribution in [2.75, 3.05) is 20.6 Å². The van der Waals surface area contributed by atoms with Crippen LogP contribution >= 0.6 is 0 Å². The molecule has 0 saturated heterocycles. The highest BCUT2D eigenvalue weighted by atomic mass is 15.2. The molecule has 1 rings (SSSR count). The molecule has 1 aliphatic carbocycles. The quantitative estimate of drug-likeness (QED) is 0.584. The Morgan fingerprint density at radius 1 is 1.16 bits per heavy atom. The van der Waals surface area contributed by atoms with Crippen LogP contribution in [0.15, 0.2) is 0 Å². The first kappa shape index (κ1) is 16.5. The highest BCUT2D eigenvalue weighted by Gasteiger charge is 2.40. The van der Waals surface area contributed by atoms with Gasteiger partial charge in [0, 0.05) is 18.0 Å². The van der Waals surface area contributed by atoms with Gasteiger partial charge in [-0.15, -0.1) is 11.8 Å². The molecule has 0 bridgehead atoms. The molecule has 19 heavy (non-hydrogen) atoms. The summed E-state index contributed by atoms with van der Waals surface area (Å²) in [5.41, 5.74) is 0.301. The molecule has 1 aliphatic rings. The summed E-state index contributed by atoms with van der Waals surface area (Å²) in [5.74, 6) is 6.39. The van der Waals surface area contributed by atoms with Gasteiger partial charge in [-0.05, 0) is 46.8 Å². The van der Waals surface area contributed by atoms with Gasteiger partial charge in [0.15, 0.2) is 0 Å². The number of rotatable bonds is 6. The molecule has 1 fully saturated rings. The van der Waals surface area contributed by atoms with Crippen LogP contribution in [0.4, 0.5) is 0 Å². The van der Waals surface area contributed by atoms with Crippen molar-refractivity contribution in [3.05, 3.63) is 0 Å². The van der Waals surface area contributed by atoms with Gasteiger partial charge in [0.25, 0.3) is 0 Å². The molecule has 0 heterocycles. The van der Waals surface area contributed by atoms with Gasteiger partial charge in [-0.1, -0.05) is 32.6 Å². The summed E-state index contributed by atoms with van der Waals surface area (Å²) < 4.78 is 0. The second-order valence-electron chi connectivity index (χ2n) is 6.05. The fourth-order valence-electron chi connectivity index (χ4n) is 3.42. The standard InChI is InChI=1S/C17H32N2/c1-5-7-12-16(18-15-6-2)17(19(3)4)13-10-8-9-11-14-17/h16,18H,6,8-15H2,1-4H3. The van der Waals surface area contributed by atoms with Gasteiger partial charge >= 0.3 is 0 Å². The highest BCUT2D eigenvalue weighted by molar-refractivity contribution is 5.07. The second kappa shape index (κ2) is 8.61. The molecule has 1 unspecified atom stereocenters. The zero-order chi connectivity index (χ0) is 14.1. The SMILES string of the molecule is CC#CCC(NCCC)C1(N(C)C)CCCCCC1. The molecule has 0 spiro atoms. The van der Waals surface area contributed by atoms with Gasteiger partial charge in [-0.2, -0.15) is 0 Å². The molecule has 0 amide bonds. The van der Waals surface area contributed by atoms with Crippen molar-refractivity contribution < 1.29 is 0 Å². The van der Waals surface area contributed by atoms with E-state index in [1.807, 2.05) is 6.92 Å². The average Bonchev–Trinajstić information content (AvgIpc) is 2.65. The van der Waals surface area contributed by atoms with Crippen molar-refractivity contribution in [1.29, 1.82) is 0 Å². The van der Waals surface area contributed by atoms with Gasteiger partial charge in [0.05, 0.1) is 0 Å². The minimum absolute atomic E-state index is 0.301. The summed E-state index contributed by atoms with van der Waals surface area (Å²) in [6, 6.07) is 0.507. The molecule has 0 aliphatic heterocycles. The molecule has 1 N–H and O–H groups in total. The maximum absolute atomic E-state index is 3.78. The number of likely N-dealkylation sites (N-methyl/N-ethyl adjacent to an activating group) is 1. The Hall–Kier alpha value is -0.520. The maximum atomic E-state index is 3.78. The molecule has 0 radical (unpaired) electrons. The molecule has 2 nitrogen and oxygen atoms in total. The van der Waals surface area contributed by atoms with Crippen LogP contribution < -0.4 is 5.32 Å². The van der Waals surface area contributed by atoms with Crippen LogP contribution in [-0.4, -0.2) is 37.1 Å². The third-order valence-corrected chi connectivity index (χ3v) is 4.63. The monoisotopic (exact) mass is 264 g/mol. The lowest BCUT2D eigenvalue weighted by molar-refractivity contribution is 0.0821. The Kier molecular flexibility index (Phi) is 7.49. The Labute approximate surface area is 120 Å². The van der Waals surface area contributed by atoms with Crippen LogP contribution in [0.5, 0.6) is 0 Å². The van der Waals surface area contributed by atoms with Gasteiger partial charge < -0.3 is 10.2 Å². The van der Waals surface area contributed by atoms with Crippen molar-refractivity contribution >= 4 is 0 Å². The number of hydrogen-bond acceptors (Lipinski definition) is 2. The lowest BCUT2D eigenvalue weighted by Crippen LogP contribution is -2.58. The van der Waals surface area contributed by atoms with E-state index in [4.69, 9.17) is 0 Å². The van der Waals surface area contributed by atoms with Crippen LogP contribution in [0.1, 0.15) is 65.2 Å². The second-order valence-corrected chi connectivity index (χ2v) is 6.05. The van der Waals surface area contributed by atoms with Crippen molar-refractivity contribution in [1.82, 2.24) is 10.2 Å². The van der Waals surface area contributed by atoms with Crippen molar-refractivity contribution in [2.45, 2.75) is 76.8 Å². The number of nitrogens with one attached hydrogen (secondary N) is 1.